The second-order valence-electron chi connectivity index (χ2n) is 11.4. The highest BCUT2D eigenvalue weighted by Crippen LogP contribution is 2.45. The molecule has 3 aliphatic heterocycles. The highest BCUT2D eigenvalue weighted by Gasteiger charge is 2.46. The van der Waals surface area contributed by atoms with Crippen molar-refractivity contribution < 1.29 is 23.4 Å². The average molecular weight is 584 g/mol. The van der Waals surface area contributed by atoms with E-state index in [1.165, 1.54) is 24.3 Å². The number of fused-ring (bicyclic) bond motifs is 1. The van der Waals surface area contributed by atoms with Crippen LogP contribution in [0.3, 0.4) is 0 Å². The summed E-state index contributed by atoms with van der Waals surface area (Å²) in [5.41, 5.74) is -0.585. The van der Waals surface area contributed by atoms with Crippen LogP contribution in [0.2, 0.25) is 5.02 Å². The maximum Gasteiger partial charge on any atom is 0.319 e. The summed E-state index contributed by atoms with van der Waals surface area (Å²) in [4.78, 5) is 27.3. The number of benzene rings is 2. The third-order valence-corrected chi connectivity index (χ3v) is 8.98. The van der Waals surface area contributed by atoms with Crippen molar-refractivity contribution >= 4 is 34.2 Å². The van der Waals surface area contributed by atoms with Gasteiger partial charge in [0.25, 0.3) is 0 Å². The molecular formula is C30H32ClF2N5O3. The van der Waals surface area contributed by atoms with Gasteiger partial charge in [-0.25, -0.2) is 8.78 Å². The monoisotopic (exact) mass is 583 g/mol. The molecule has 0 unspecified atom stereocenters. The van der Waals surface area contributed by atoms with E-state index in [9.17, 15) is 14.3 Å². The van der Waals surface area contributed by atoms with Gasteiger partial charge in [0, 0.05) is 55.6 Å². The van der Waals surface area contributed by atoms with Crippen LogP contribution >= 0.6 is 11.6 Å². The Bertz CT molecular complexity index is 1490. The van der Waals surface area contributed by atoms with Crippen molar-refractivity contribution in [1.29, 1.82) is 0 Å². The van der Waals surface area contributed by atoms with Crippen molar-refractivity contribution in [3.05, 3.63) is 53.6 Å². The number of phenolic OH excluding ortho intramolecular Hbond substituents is 1. The summed E-state index contributed by atoms with van der Waals surface area (Å²) in [6, 6.07) is 5.36. The number of aromatic nitrogens is 2. The Morgan fingerprint density at radius 3 is 2.51 bits per heavy atom. The highest BCUT2D eigenvalue weighted by atomic mass is 35.5. The third kappa shape index (κ3) is 5.08. The van der Waals surface area contributed by atoms with Gasteiger partial charge in [0.15, 0.2) is 5.82 Å². The first-order chi connectivity index (χ1) is 19.7. The summed E-state index contributed by atoms with van der Waals surface area (Å²) in [5, 5.41) is 10.7. The summed E-state index contributed by atoms with van der Waals surface area (Å²) in [5.74, 6) is -1.63. The van der Waals surface area contributed by atoms with E-state index in [0.29, 0.717) is 37.4 Å². The van der Waals surface area contributed by atoms with E-state index in [0.717, 1.165) is 44.8 Å². The molecule has 0 saturated carbocycles. The number of carbonyl (C=O) groups excluding carboxylic acids is 1. The Hall–Kier alpha value is -3.50. The van der Waals surface area contributed by atoms with Crippen LogP contribution in [0.15, 0.2) is 36.9 Å². The van der Waals surface area contributed by atoms with Gasteiger partial charge in [-0.15, -0.1) is 0 Å². The molecule has 6 rings (SSSR count). The second kappa shape index (κ2) is 10.7. The predicted octanol–water partition coefficient (Wildman–Crippen LogP) is 5.02. The van der Waals surface area contributed by atoms with E-state index >= 15 is 4.39 Å². The smallest absolute Gasteiger partial charge is 0.319 e. The Morgan fingerprint density at radius 2 is 1.85 bits per heavy atom. The number of rotatable bonds is 5. The van der Waals surface area contributed by atoms with Crippen molar-refractivity contribution in [1.82, 2.24) is 19.8 Å². The number of amides is 1. The van der Waals surface area contributed by atoms with Gasteiger partial charge in [0.1, 0.15) is 29.0 Å². The molecule has 1 amide bonds. The molecule has 4 heterocycles. The SMILES string of the molecule is C=CC(=O)N1CC2(CCN(c3nc(OC4CCN(C)CC4)nc4c(F)c(-c5c(O)cccc5F)c(Cl)cc34)CC2)C1. The fraction of sp³-hybridized carbons (Fsp3) is 0.433. The fourth-order valence-corrected chi connectivity index (χ4v) is 6.54. The number of aromatic hydroxyl groups is 1. The number of halogens is 3. The lowest BCUT2D eigenvalue weighted by molar-refractivity contribution is -0.139. The van der Waals surface area contributed by atoms with Crippen LogP contribution in [-0.2, 0) is 4.79 Å². The number of phenols is 1. The number of carbonyl (C=O) groups is 1. The molecule has 216 valence electrons. The molecule has 3 aromatic rings. The molecule has 3 aliphatic rings. The quantitative estimate of drug-likeness (QED) is 0.422. The van der Waals surface area contributed by atoms with Crippen LogP contribution < -0.4 is 9.64 Å². The topological polar surface area (TPSA) is 82.0 Å². The molecule has 0 bridgehead atoms. The average Bonchev–Trinajstić information content (AvgIpc) is 2.94. The van der Waals surface area contributed by atoms with Gasteiger partial charge in [-0.1, -0.05) is 24.2 Å². The van der Waals surface area contributed by atoms with E-state index in [1.807, 2.05) is 0 Å². The molecule has 3 fully saturated rings. The number of hydrogen-bond acceptors (Lipinski definition) is 7. The number of hydrogen-bond donors (Lipinski definition) is 1. The van der Waals surface area contributed by atoms with Gasteiger partial charge in [0.2, 0.25) is 5.91 Å². The first-order valence-electron chi connectivity index (χ1n) is 13.9. The van der Waals surface area contributed by atoms with E-state index < -0.39 is 17.4 Å². The zero-order valence-electron chi connectivity index (χ0n) is 22.9. The van der Waals surface area contributed by atoms with Gasteiger partial charge in [-0.3, -0.25) is 4.79 Å². The number of likely N-dealkylation sites (tertiary alicyclic amines) is 2. The predicted molar refractivity (Wildman–Crippen MR) is 153 cm³/mol. The fourth-order valence-electron chi connectivity index (χ4n) is 6.25. The molecule has 0 aliphatic carbocycles. The molecule has 11 heteroatoms. The van der Waals surface area contributed by atoms with Crippen LogP contribution in [0, 0.1) is 17.0 Å². The standard InChI is InChI=1S/C30H32ClF2N5O3/c1-3-23(40)38-16-30(17-38)9-13-37(14-10-30)28-19-15-20(31)24(25-21(32)5-4-6-22(25)39)26(33)27(19)34-29(35-28)41-18-7-11-36(2)12-8-18/h3-6,15,18,39H,1,7-14,16-17H2,2H3. The van der Waals surface area contributed by atoms with Gasteiger partial charge in [-0.2, -0.15) is 9.97 Å². The molecule has 0 atom stereocenters. The summed E-state index contributed by atoms with van der Waals surface area (Å²) < 4.78 is 37.3. The normalized spacial score (nSPS) is 19.4. The zero-order valence-corrected chi connectivity index (χ0v) is 23.6. The van der Waals surface area contributed by atoms with Crippen molar-refractivity contribution in [2.45, 2.75) is 31.8 Å². The van der Waals surface area contributed by atoms with Gasteiger partial charge in [-0.05, 0) is 57.0 Å². The minimum atomic E-state index is -0.851. The van der Waals surface area contributed by atoms with Crippen molar-refractivity contribution in [3.63, 3.8) is 0 Å². The number of piperidine rings is 2. The lowest BCUT2D eigenvalue weighted by Crippen LogP contribution is -2.61. The van der Waals surface area contributed by atoms with Crippen molar-refractivity contribution in [3.8, 4) is 22.9 Å². The highest BCUT2D eigenvalue weighted by molar-refractivity contribution is 6.34. The van der Waals surface area contributed by atoms with E-state index in [2.05, 4.69) is 28.4 Å². The molecule has 1 N–H and O–H groups in total. The van der Waals surface area contributed by atoms with Gasteiger partial charge in [0.05, 0.1) is 10.6 Å². The first-order valence-corrected chi connectivity index (χ1v) is 14.2. The molecule has 1 spiro atoms. The van der Waals surface area contributed by atoms with E-state index in [4.69, 9.17) is 21.3 Å². The van der Waals surface area contributed by atoms with E-state index in [-0.39, 0.29) is 45.1 Å². The third-order valence-electron chi connectivity index (χ3n) is 8.68. The van der Waals surface area contributed by atoms with Gasteiger partial charge >= 0.3 is 6.01 Å². The minimum Gasteiger partial charge on any atom is -0.507 e. The number of ether oxygens (including phenoxy) is 1. The maximum atomic E-state index is 16.3. The maximum absolute atomic E-state index is 16.3. The summed E-state index contributed by atoms with van der Waals surface area (Å²) >= 11 is 6.57. The van der Waals surface area contributed by atoms with Crippen LogP contribution in [0.1, 0.15) is 25.7 Å². The van der Waals surface area contributed by atoms with E-state index in [1.54, 1.807) is 4.90 Å². The molecule has 8 nitrogen and oxygen atoms in total. The minimum absolute atomic E-state index is 0.0455. The zero-order chi connectivity index (χ0) is 28.9. The largest absolute Gasteiger partial charge is 0.507 e. The van der Waals surface area contributed by atoms with Crippen LogP contribution in [0.5, 0.6) is 11.8 Å². The Labute approximate surface area is 242 Å². The molecular weight excluding hydrogens is 552 g/mol. The second-order valence-corrected chi connectivity index (χ2v) is 11.8. The Kier molecular flexibility index (Phi) is 7.23. The molecule has 0 radical (unpaired) electrons. The van der Waals surface area contributed by atoms with Gasteiger partial charge < -0.3 is 24.5 Å². The molecule has 2 aromatic carbocycles. The lowest BCUT2D eigenvalue weighted by Gasteiger charge is -2.54. The first kappa shape index (κ1) is 27.7. The number of anilines is 1. The van der Waals surface area contributed by atoms with Crippen molar-refractivity contribution in [2.24, 2.45) is 5.41 Å². The number of nitrogens with zero attached hydrogens (tertiary/aromatic N) is 5. The summed E-state index contributed by atoms with van der Waals surface area (Å²) in [7, 11) is 2.05. The molecule has 3 saturated heterocycles. The Balaban J connectivity index is 1.38. The summed E-state index contributed by atoms with van der Waals surface area (Å²) in [6.45, 7) is 7.98. The summed E-state index contributed by atoms with van der Waals surface area (Å²) in [6.07, 6.45) is 4.47. The van der Waals surface area contributed by atoms with Crippen LogP contribution in [0.25, 0.3) is 22.0 Å². The Morgan fingerprint density at radius 1 is 1.15 bits per heavy atom. The lowest BCUT2D eigenvalue weighted by atomic mass is 9.72. The van der Waals surface area contributed by atoms with Crippen molar-refractivity contribution in [2.75, 3.05) is 51.2 Å². The van der Waals surface area contributed by atoms with Crippen LogP contribution in [-0.4, -0.2) is 83.2 Å². The molecule has 41 heavy (non-hydrogen) atoms. The van der Waals surface area contributed by atoms with Crippen LogP contribution in [0.4, 0.5) is 14.6 Å². The molecule has 1 aromatic heterocycles.